The second-order valence-corrected chi connectivity index (χ2v) is 4.46. The van der Waals surface area contributed by atoms with Crippen molar-refractivity contribution in [1.82, 2.24) is 4.98 Å². The van der Waals surface area contributed by atoms with E-state index in [0.29, 0.717) is 11.6 Å². The zero-order valence-electron chi connectivity index (χ0n) is 10.7. The third kappa shape index (κ3) is 3.89. The first-order valence-electron chi connectivity index (χ1n) is 5.64. The maximum absolute atomic E-state index is 10.8. The molecule has 100 valence electrons. The highest BCUT2D eigenvalue weighted by atomic mass is 16.5. The number of ether oxygens (including phenoxy) is 1. The van der Waals surface area contributed by atoms with Crippen LogP contribution < -0.4 is 10.1 Å². The van der Waals surface area contributed by atoms with Crippen molar-refractivity contribution in [2.45, 2.75) is 32.5 Å². The van der Waals surface area contributed by atoms with Crippen LogP contribution in [0.2, 0.25) is 0 Å². The standard InChI is InChI=1S/C12H18N2O4/c1-8(2)18-10-9(5-4-6-13-10)14-7-12(3,17)11(15)16/h4-6,8,14,17H,7H2,1-3H3,(H,15,16). The Balaban J connectivity index is 2.76. The molecule has 0 aromatic carbocycles. The molecule has 0 aliphatic rings. The van der Waals surface area contributed by atoms with Crippen molar-refractivity contribution in [3.63, 3.8) is 0 Å². The summed E-state index contributed by atoms with van der Waals surface area (Å²) < 4.78 is 5.47. The molecule has 0 bridgehead atoms. The number of hydrogen-bond donors (Lipinski definition) is 3. The molecule has 0 saturated carbocycles. The zero-order chi connectivity index (χ0) is 13.8. The van der Waals surface area contributed by atoms with Crippen LogP contribution in [0.25, 0.3) is 0 Å². The van der Waals surface area contributed by atoms with Crippen LogP contribution >= 0.6 is 0 Å². The fraction of sp³-hybridized carbons (Fsp3) is 0.500. The number of nitrogens with one attached hydrogen (secondary N) is 1. The molecule has 1 atom stereocenters. The molecule has 1 aromatic rings. The number of carbonyl (C=O) groups is 1. The quantitative estimate of drug-likeness (QED) is 0.704. The van der Waals surface area contributed by atoms with Crippen molar-refractivity contribution >= 4 is 11.7 Å². The highest BCUT2D eigenvalue weighted by Crippen LogP contribution is 2.22. The van der Waals surface area contributed by atoms with Crippen LogP contribution in [0.3, 0.4) is 0 Å². The van der Waals surface area contributed by atoms with Crippen molar-refractivity contribution in [2.24, 2.45) is 0 Å². The van der Waals surface area contributed by atoms with Gasteiger partial charge in [-0.15, -0.1) is 0 Å². The monoisotopic (exact) mass is 254 g/mol. The predicted octanol–water partition coefficient (Wildman–Crippen LogP) is 1.12. The second-order valence-electron chi connectivity index (χ2n) is 4.46. The van der Waals surface area contributed by atoms with E-state index in [9.17, 15) is 9.90 Å². The molecule has 0 amide bonds. The molecule has 18 heavy (non-hydrogen) atoms. The van der Waals surface area contributed by atoms with Crippen molar-refractivity contribution in [1.29, 1.82) is 0 Å². The molecule has 0 spiro atoms. The first kappa shape index (κ1) is 14.2. The van der Waals surface area contributed by atoms with Gasteiger partial charge in [-0.25, -0.2) is 9.78 Å². The summed E-state index contributed by atoms with van der Waals surface area (Å²) in [6, 6.07) is 3.41. The number of hydrogen-bond acceptors (Lipinski definition) is 5. The summed E-state index contributed by atoms with van der Waals surface area (Å²) in [4.78, 5) is 14.8. The molecule has 1 heterocycles. The van der Waals surface area contributed by atoms with Gasteiger partial charge in [0, 0.05) is 6.20 Å². The summed E-state index contributed by atoms with van der Waals surface area (Å²) in [6.45, 7) is 4.82. The molecule has 0 saturated heterocycles. The van der Waals surface area contributed by atoms with Gasteiger partial charge in [-0.2, -0.15) is 0 Å². The lowest BCUT2D eigenvalue weighted by Gasteiger charge is -2.20. The summed E-state index contributed by atoms with van der Waals surface area (Å²) in [7, 11) is 0. The smallest absolute Gasteiger partial charge is 0.337 e. The summed E-state index contributed by atoms with van der Waals surface area (Å²) in [6.07, 6.45) is 1.54. The largest absolute Gasteiger partial charge is 0.479 e. The van der Waals surface area contributed by atoms with E-state index in [0.717, 1.165) is 0 Å². The molecular weight excluding hydrogens is 236 g/mol. The maximum Gasteiger partial charge on any atom is 0.337 e. The Morgan fingerprint density at radius 1 is 1.61 bits per heavy atom. The highest BCUT2D eigenvalue weighted by molar-refractivity contribution is 5.77. The van der Waals surface area contributed by atoms with Gasteiger partial charge in [0.2, 0.25) is 5.88 Å². The predicted molar refractivity (Wildman–Crippen MR) is 66.8 cm³/mol. The first-order chi connectivity index (χ1) is 8.33. The Labute approximate surface area is 106 Å². The van der Waals surface area contributed by atoms with E-state index in [-0.39, 0.29) is 12.6 Å². The average molecular weight is 254 g/mol. The van der Waals surface area contributed by atoms with Gasteiger partial charge in [-0.3, -0.25) is 0 Å². The van der Waals surface area contributed by atoms with Crippen LogP contribution in [-0.2, 0) is 4.79 Å². The number of carboxylic acid groups (broad SMARTS) is 1. The Morgan fingerprint density at radius 3 is 2.83 bits per heavy atom. The van der Waals surface area contributed by atoms with Gasteiger partial charge in [0.05, 0.1) is 18.3 Å². The molecule has 6 heteroatoms. The van der Waals surface area contributed by atoms with Crippen LogP contribution in [-0.4, -0.2) is 39.4 Å². The topological polar surface area (TPSA) is 91.7 Å². The van der Waals surface area contributed by atoms with Crippen molar-refractivity contribution < 1.29 is 19.7 Å². The third-order valence-corrected chi connectivity index (χ3v) is 2.20. The summed E-state index contributed by atoms with van der Waals surface area (Å²) in [5.41, 5.74) is -1.29. The Kier molecular flexibility index (Phi) is 4.49. The van der Waals surface area contributed by atoms with E-state index in [4.69, 9.17) is 9.84 Å². The minimum Gasteiger partial charge on any atom is -0.479 e. The van der Waals surface area contributed by atoms with Crippen molar-refractivity contribution in [3.8, 4) is 5.88 Å². The lowest BCUT2D eigenvalue weighted by Crippen LogP contribution is -2.41. The molecule has 1 rings (SSSR count). The lowest BCUT2D eigenvalue weighted by molar-refractivity contribution is -0.155. The third-order valence-electron chi connectivity index (χ3n) is 2.20. The molecule has 1 aromatic heterocycles. The van der Waals surface area contributed by atoms with Crippen LogP contribution in [0, 0.1) is 0 Å². The number of anilines is 1. The van der Waals surface area contributed by atoms with Crippen LogP contribution in [0.5, 0.6) is 5.88 Å². The fourth-order valence-corrected chi connectivity index (χ4v) is 1.19. The van der Waals surface area contributed by atoms with Gasteiger partial charge in [-0.1, -0.05) is 0 Å². The molecular formula is C12H18N2O4. The molecule has 3 N–H and O–H groups in total. The number of aromatic nitrogens is 1. The second kappa shape index (κ2) is 5.68. The number of aliphatic carboxylic acids is 1. The number of pyridine rings is 1. The van der Waals surface area contributed by atoms with Crippen molar-refractivity contribution in [2.75, 3.05) is 11.9 Å². The number of rotatable bonds is 6. The van der Waals surface area contributed by atoms with E-state index < -0.39 is 11.6 Å². The number of nitrogens with zero attached hydrogens (tertiary/aromatic N) is 1. The summed E-state index contributed by atoms with van der Waals surface area (Å²) in [5.74, 6) is -0.904. The highest BCUT2D eigenvalue weighted by Gasteiger charge is 2.29. The fourth-order valence-electron chi connectivity index (χ4n) is 1.19. The Hall–Kier alpha value is -1.82. The first-order valence-corrected chi connectivity index (χ1v) is 5.64. The minimum atomic E-state index is -1.84. The van der Waals surface area contributed by atoms with Gasteiger partial charge in [-0.05, 0) is 32.9 Å². The van der Waals surface area contributed by atoms with Gasteiger partial charge < -0.3 is 20.3 Å². The van der Waals surface area contributed by atoms with Crippen molar-refractivity contribution in [3.05, 3.63) is 18.3 Å². The minimum absolute atomic E-state index is 0.0413. The van der Waals surface area contributed by atoms with E-state index in [1.54, 1.807) is 18.3 Å². The molecule has 0 radical (unpaired) electrons. The van der Waals surface area contributed by atoms with E-state index >= 15 is 0 Å². The maximum atomic E-state index is 10.8. The molecule has 0 aliphatic heterocycles. The Bertz CT molecular complexity index is 418. The molecule has 0 aliphatic carbocycles. The Morgan fingerprint density at radius 2 is 2.28 bits per heavy atom. The van der Waals surface area contributed by atoms with E-state index in [1.807, 2.05) is 13.8 Å². The van der Waals surface area contributed by atoms with Gasteiger partial charge in [0.25, 0.3) is 0 Å². The lowest BCUT2D eigenvalue weighted by atomic mass is 10.1. The number of carboxylic acids is 1. The van der Waals surface area contributed by atoms with Gasteiger partial charge in [0.1, 0.15) is 0 Å². The number of aliphatic hydroxyl groups is 1. The van der Waals surface area contributed by atoms with E-state index in [2.05, 4.69) is 10.3 Å². The molecule has 0 fully saturated rings. The van der Waals surface area contributed by atoms with Crippen LogP contribution in [0.1, 0.15) is 20.8 Å². The normalized spacial score (nSPS) is 14.1. The van der Waals surface area contributed by atoms with Crippen LogP contribution in [0.15, 0.2) is 18.3 Å². The summed E-state index contributed by atoms with van der Waals surface area (Å²) in [5, 5.41) is 21.2. The van der Waals surface area contributed by atoms with Gasteiger partial charge in [0.15, 0.2) is 5.60 Å². The summed E-state index contributed by atoms with van der Waals surface area (Å²) >= 11 is 0. The van der Waals surface area contributed by atoms with E-state index in [1.165, 1.54) is 6.92 Å². The molecule has 6 nitrogen and oxygen atoms in total. The molecule has 1 unspecified atom stereocenters. The van der Waals surface area contributed by atoms with Gasteiger partial charge >= 0.3 is 5.97 Å². The van der Waals surface area contributed by atoms with Crippen LogP contribution in [0.4, 0.5) is 5.69 Å². The SMILES string of the molecule is CC(C)Oc1ncccc1NCC(C)(O)C(=O)O. The zero-order valence-corrected chi connectivity index (χ0v) is 10.7. The average Bonchev–Trinajstić information content (AvgIpc) is 2.27.